The minimum absolute atomic E-state index is 0.0650. The molecule has 0 bridgehead atoms. The SMILES string of the molecule is Cc1ccc(S(=O)(=O)NN2C(=O)/C(=C/c3cccc4ccccc34)SC2=S)cc1. The minimum Gasteiger partial charge on any atom is -0.267 e. The smallest absolute Gasteiger partial charge is 0.267 e. The van der Waals surface area contributed by atoms with E-state index in [2.05, 4.69) is 4.83 Å². The van der Waals surface area contributed by atoms with E-state index in [4.69, 9.17) is 12.2 Å². The Morgan fingerprint density at radius 3 is 2.45 bits per heavy atom. The normalized spacial score (nSPS) is 16.2. The molecule has 8 heteroatoms. The summed E-state index contributed by atoms with van der Waals surface area (Å²) in [6.07, 6.45) is 1.74. The Kier molecular flexibility index (Phi) is 5.26. The van der Waals surface area contributed by atoms with Crippen LogP contribution in [0.3, 0.4) is 0 Å². The van der Waals surface area contributed by atoms with Gasteiger partial charge >= 0.3 is 0 Å². The van der Waals surface area contributed by atoms with Gasteiger partial charge in [0.1, 0.15) is 0 Å². The van der Waals surface area contributed by atoms with Crippen LogP contribution in [-0.2, 0) is 14.8 Å². The minimum atomic E-state index is -3.93. The van der Waals surface area contributed by atoms with Gasteiger partial charge in [-0.1, -0.05) is 84.1 Å². The highest BCUT2D eigenvalue weighted by molar-refractivity contribution is 8.26. The summed E-state index contributed by atoms with van der Waals surface area (Å²) in [5, 5.41) is 2.96. The van der Waals surface area contributed by atoms with Gasteiger partial charge in [-0.15, -0.1) is 4.83 Å². The lowest BCUT2D eigenvalue weighted by Gasteiger charge is -2.16. The van der Waals surface area contributed by atoms with Gasteiger partial charge < -0.3 is 0 Å². The summed E-state index contributed by atoms with van der Waals surface area (Å²) in [5.41, 5.74) is 1.80. The molecule has 1 amide bonds. The molecular weight excluding hydrogens is 424 g/mol. The highest BCUT2D eigenvalue weighted by Gasteiger charge is 2.35. The van der Waals surface area contributed by atoms with Crippen molar-refractivity contribution >= 4 is 61.1 Å². The van der Waals surface area contributed by atoms with Gasteiger partial charge in [0.15, 0.2) is 4.32 Å². The molecule has 146 valence electrons. The van der Waals surface area contributed by atoms with Crippen LogP contribution >= 0.6 is 24.0 Å². The first-order valence-electron chi connectivity index (χ1n) is 8.70. The van der Waals surface area contributed by atoms with Gasteiger partial charge in [-0.3, -0.25) is 4.79 Å². The summed E-state index contributed by atoms with van der Waals surface area (Å²) in [6.45, 7) is 1.87. The average Bonchev–Trinajstić information content (AvgIpc) is 2.96. The number of thioether (sulfide) groups is 1. The largest absolute Gasteiger partial charge is 0.281 e. The predicted molar refractivity (Wildman–Crippen MR) is 120 cm³/mol. The van der Waals surface area contributed by atoms with Crippen molar-refractivity contribution in [2.45, 2.75) is 11.8 Å². The van der Waals surface area contributed by atoms with Crippen LogP contribution in [0.25, 0.3) is 16.8 Å². The van der Waals surface area contributed by atoms with Gasteiger partial charge in [0.05, 0.1) is 9.80 Å². The number of thiocarbonyl (C=S) groups is 1. The molecule has 3 aromatic rings. The lowest BCUT2D eigenvalue weighted by Crippen LogP contribution is -2.44. The summed E-state index contributed by atoms with van der Waals surface area (Å²) in [5.74, 6) is -0.497. The fraction of sp³-hybridized carbons (Fsp3) is 0.0476. The van der Waals surface area contributed by atoms with Gasteiger partial charge in [0.25, 0.3) is 15.9 Å². The molecule has 0 unspecified atom stereocenters. The molecule has 0 spiro atoms. The first-order valence-corrected chi connectivity index (χ1v) is 11.4. The van der Waals surface area contributed by atoms with Crippen LogP contribution in [-0.4, -0.2) is 23.7 Å². The third-order valence-corrected chi connectivity index (χ3v) is 7.06. The molecule has 0 aromatic heterocycles. The van der Waals surface area contributed by atoms with Crippen molar-refractivity contribution in [3.8, 4) is 0 Å². The zero-order valence-corrected chi connectivity index (χ0v) is 17.8. The number of aryl methyl sites for hydroxylation is 1. The van der Waals surface area contributed by atoms with Gasteiger partial charge in [-0.2, -0.15) is 0 Å². The molecule has 1 aliphatic heterocycles. The first-order chi connectivity index (χ1) is 13.8. The van der Waals surface area contributed by atoms with Crippen molar-refractivity contribution in [3.63, 3.8) is 0 Å². The number of benzene rings is 3. The van der Waals surface area contributed by atoms with Crippen molar-refractivity contribution in [3.05, 3.63) is 82.8 Å². The fourth-order valence-corrected chi connectivity index (χ4v) is 5.25. The number of carbonyl (C=O) groups excluding carboxylic acids is 1. The summed E-state index contributed by atoms with van der Waals surface area (Å²) < 4.78 is 25.4. The van der Waals surface area contributed by atoms with Crippen LogP contribution in [0.5, 0.6) is 0 Å². The third-order valence-electron chi connectivity index (χ3n) is 4.45. The van der Waals surface area contributed by atoms with E-state index >= 15 is 0 Å². The number of carbonyl (C=O) groups is 1. The Bertz CT molecular complexity index is 1260. The number of hydrogen-bond acceptors (Lipinski definition) is 5. The summed E-state index contributed by atoms with van der Waals surface area (Å²) in [4.78, 5) is 15.6. The van der Waals surface area contributed by atoms with Crippen LogP contribution in [0.2, 0.25) is 0 Å². The molecule has 0 radical (unpaired) electrons. The van der Waals surface area contributed by atoms with E-state index in [0.29, 0.717) is 4.91 Å². The average molecular weight is 441 g/mol. The molecule has 1 fully saturated rings. The van der Waals surface area contributed by atoms with E-state index < -0.39 is 15.9 Å². The van der Waals surface area contributed by atoms with E-state index in [-0.39, 0.29) is 9.22 Å². The van der Waals surface area contributed by atoms with Gasteiger partial charge in [-0.25, -0.2) is 13.4 Å². The zero-order valence-electron chi connectivity index (χ0n) is 15.3. The van der Waals surface area contributed by atoms with E-state index in [1.165, 1.54) is 12.1 Å². The van der Waals surface area contributed by atoms with Crippen molar-refractivity contribution in [2.24, 2.45) is 0 Å². The fourth-order valence-electron chi connectivity index (χ4n) is 2.95. The topological polar surface area (TPSA) is 66.5 Å². The lowest BCUT2D eigenvalue weighted by molar-refractivity contribution is -0.123. The number of nitrogens with zero attached hydrogens (tertiary/aromatic N) is 1. The van der Waals surface area contributed by atoms with Crippen molar-refractivity contribution in [2.75, 3.05) is 0 Å². The van der Waals surface area contributed by atoms with Gasteiger partial charge in [0.2, 0.25) is 0 Å². The first kappa shape index (κ1) is 19.8. The van der Waals surface area contributed by atoms with Crippen molar-refractivity contribution in [1.82, 2.24) is 9.84 Å². The Labute approximate surface area is 178 Å². The molecule has 0 saturated carbocycles. The zero-order chi connectivity index (χ0) is 20.6. The molecule has 4 rings (SSSR count). The molecular formula is C21H16N2O3S3. The highest BCUT2D eigenvalue weighted by Crippen LogP contribution is 2.33. The van der Waals surface area contributed by atoms with Crippen LogP contribution in [0, 0.1) is 6.92 Å². The Balaban J connectivity index is 1.64. The number of rotatable bonds is 4. The van der Waals surface area contributed by atoms with Crippen LogP contribution < -0.4 is 4.83 Å². The standard InChI is InChI=1S/C21H16N2O3S3/c1-14-9-11-17(12-10-14)29(25,26)22-23-20(24)19(28-21(23)27)13-16-7-4-6-15-5-2-3-8-18(15)16/h2-13,22H,1H3/b19-13-. The number of hydrogen-bond donors (Lipinski definition) is 1. The second-order valence-electron chi connectivity index (χ2n) is 6.49. The monoisotopic (exact) mass is 440 g/mol. The maximum absolute atomic E-state index is 12.8. The molecule has 1 aliphatic rings. The van der Waals surface area contributed by atoms with Gasteiger partial charge in [0, 0.05) is 0 Å². The molecule has 1 saturated heterocycles. The maximum atomic E-state index is 12.8. The molecule has 1 N–H and O–H groups in total. The highest BCUT2D eigenvalue weighted by atomic mass is 32.2. The Morgan fingerprint density at radius 2 is 1.69 bits per heavy atom. The molecule has 5 nitrogen and oxygen atoms in total. The quantitative estimate of drug-likeness (QED) is 0.485. The maximum Gasteiger partial charge on any atom is 0.281 e. The second-order valence-corrected chi connectivity index (χ2v) is 9.83. The number of fused-ring (bicyclic) bond motifs is 1. The molecule has 3 aromatic carbocycles. The third kappa shape index (κ3) is 3.97. The lowest BCUT2D eigenvalue weighted by atomic mass is 10.0. The van der Waals surface area contributed by atoms with Crippen molar-refractivity contribution in [1.29, 1.82) is 0 Å². The molecule has 0 aliphatic carbocycles. The summed E-state index contributed by atoms with van der Waals surface area (Å²) >= 11 is 6.31. The summed E-state index contributed by atoms with van der Waals surface area (Å²) in [6, 6.07) is 20.0. The molecule has 0 atom stereocenters. The number of nitrogens with one attached hydrogen (secondary N) is 1. The predicted octanol–water partition coefficient (Wildman–Crippen LogP) is 4.24. The van der Waals surface area contributed by atoms with Gasteiger partial charge in [-0.05, 0) is 41.5 Å². The Morgan fingerprint density at radius 1 is 1.00 bits per heavy atom. The number of hydrazine groups is 1. The van der Waals surface area contributed by atoms with E-state index in [0.717, 1.165) is 38.7 Å². The number of sulfonamides is 1. The van der Waals surface area contributed by atoms with E-state index in [1.807, 2.05) is 49.4 Å². The van der Waals surface area contributed by atoms with Crippen LogP contribution in [0.4, 0.5) is 0 Å². The van der Waals surface area contributed by atoms with E-state index in [1.54, 1.807) is 18.2 Å². The molecule has 1 heterocycles. The number of amides is 1. The Hall–Kier alpha value is -2.52. The second kappa shape index (κ2) is 7.72. The molecule has 29 heavy (non-hydrogen) atoms. The summed E-state index contributed by atoms with van der Waals surface area (Å²) in [7, 11) is -3.93. The van der Waals surface area contributed by atoms with Crippen LogP contribution in [0.1, 0.15) is 11.1 Å². The van der Waals surface area contributed by atoms with E-state index in [9.17, 15) is 13.2 Å². The van der Waals surface area contributed by atoms with Crippen LogP contribution in [0.15, 0.2) is 76.5 Å². The van der Waals surface area contributed by atoms with Crippen molar-refractivity contribution < 1.29 is 13.2 Å².